The Bertz CT molecular complexity index is 1840. The van der Waals surface area contributed by atoms with Gasteiger partial charge >= 0.3 is 0 Å². The van der Waals surface area contributed by atoms with E-state index in [1.165, 1.54) is 34.3 Å². The molecule has 1 aliphatic heterocycles. The van der Waals surface area contributed by atoms with Crippen molar-refractivity contribution in [2.45, 2.75) is 27.3 Å². The molecule has 1 amide bonds. The lowest BCUT2D eigenvalue weighted by Crippen LogP contribution is -2.46. The summed E-state index contributed by atoms with van der Waals surface area (Å²) in [5.74, 6) is -0.104. The second-order valence-electron chi connectivity index (χ2n) is 12.5. The number of piperazine rings is 1. The van der Waals surface area contributed by atoms with Gasteiger partial charge in [0.05, 0.1) is 5.56 Å². The van der Waals surface area contributed by atoms with E-state index < -0.39 is 0 Å². The van der Waals surface area contributed by atoms with Crippen molar-refractivity contribution in [3.05, 3.63) is 95.9 Å². The third-order valence-corrected chi connectivity index (χ3v) is 9.04. The van der Waals surface area contributed by atoms with E-state index in [0.717, 1.165) is 50.6 Å². The highest BCUT2D eigenvalue weighted by Gasteiger charge is 2.19. The molecule has 1 aliphatic rings. The summed E-state index contributed by atoms with van der Waals surface area (Å²) in [4.78, 5) is 22.1. The molecule has 3 heterocycles. The van der Waals surface area contributed by atoms with Crippen molar-refractivity contribution in [3.8, 4) is 22.6 Å². The lowest BCUT2D eigenvalue weighted by molar-refractivity contribution is 0.102. The fourth-order valence-electron chi connectivity index (χ4n) is 6.41. The van der Waals surface area contributed by atoms with Gasteiger partial charge in [-0.15, -0.1) is 0 Å². The highest BCUT2D eigenvalue weighted by molar-refractivity contribution is 6.05. The Balaban J connectivity index is 1.14. The van der Waals surface area contributed by atoms with Crippen molar-refractivity contribution in [2.75, 3.05) is 50.4 Å². The van der Waals surface area contributed by atoms with Crippen molar-refractivity contribution in [3.63, 3.8) is 0 Å². The summed E-state index contributed by atoms with van der Waals surface area (Å²) in [6.07, 6.45) is 3.16. The van der Waals surface area contributed by atoms with Gasteiger partial charge in [0.15, 0.2) is 0 Å². The average Bonchev–Trinajstić information content (AvgIpc) is 3.26. The summed E-state index contributed by atoms with van der Waals surface area (Å²) in [6.45, 7) is 13.4. The molecule has 4 N–H and O–H groups in total. The Labute approximate surface area is 270 Å². The van der Waals surface area contributed by atoms with Crippen LogP contribution in [0.5, 0.6) is 11.5 Å². The Morgan fingerprint density at radius 2 is 1.57 bits per heavy atom. The number of anilines is 3. The van der Waals surface area contributed by atoms with Crippen LogP contribution in [0.2, 0.25) is 0 Å². The Morgan fingerprint density at radius 3 is 2.28 bits per heavy atom. The lowest BCUT2D eigenvalue weighted by atomic mass is 10.0. The number of nitrogens with one attached hydrogen (secondary N) is 2. The summed E-state index contributed by atoms with van der Waals surface area (Å²) < 4.78 is 2.46. The van der Waals surface area contributed by atoms with E-state index in [1.54, 1.807) is 36.7 Å². The number of pyridine rings is 1. The number of amides is 1. The molecule has 0 spiro atoms. The molecule has 9 nitrogen and oxygen atoms in total. The molecule has 1 fully saturated rings. The van der Waals surface area contributed by atoms with Crippen molar-refractivity contribution in [1.29, 1.82) is 0 Å². The number of carbonyl (C=O) groups excluding carboxylic acids is 1. The van der Waals surface area contributed by atoms with Crippen LogP contribution < -0.4 is 10.6 Å². The number of likely N-dealkylation sites (N-methyl/N-ethyl adjacent to an activating group) is 1. The maximum absolute atomic E-state index is 13.2. The first-order valence-electron chi connectivity index (χ1n) is 15.8. The van der Waals surface area contributed by atoms with Crippen LogP contribution >= 0.6 is 0 Å². The van der Waals surface area contributed by atoms with Crippen LogP contribution in [0.3, 0.4) is 0 Å². The van der Waals surface area contributed by atoms with Gasteiger partial charge in [-0.05, 0) is 86.5 Å². The van der Waals surface area contributed by atoms with E-state index in [-0.39, 0.29) is 28.7 Å². The quantitative estimate of drug-likeness (QED) is 0.147. The topological polar surface area (TPSA) is 106 Å². The maximum atomic E-state index is 13.2. The molecule has 3 aromatic carbocycles. The molecule has 0 saturated carbocycles. The normalized spacial score (nSPS) is 14.8. The molecule has 1 atom stereocenters. The smallest absolute Gasteiger partial charge is 0.255 e. The number of benzene rings is 3. The van der Waals surface area contributed by atoms with Gasteiger partial charge < -0.3 is 35.2 Å². The van der Waals surface area contributed by atoms with E-state index >= 15 is 0 Å². The van der Waals surface area contributed by atoms with E-state index in [2.05, 4.69) is 76.0 Å². The number of aromatic hydroxyl groups is 2. The van der Waals surface area contributed by atoms with Gasteiger partial charge in [0.1, 0.15) is 11.5 Å². The lowest BCUT2D eigenvalue weighted by Gasteiger charge is -2.34. The van der Waals surface area contributed by atoms with E-state index in [4.69, 9.17) is 0 Å². The van der Waals surface area contributed by atoms with Crippen molar-refractivity contribution in [1.82, 2.24) is 19.4 Å². The zero-order valence-corrected chi connectivity index (χ0v) is 26.9. The number of aromatic nitrogens is 2. The van der Waals surface area contributed by atoms with Crippen LogP contribution in [0, 0.1) is 19.8 Å². The van der Waals surface area contributed by atoms with Crippen molar-refractivity contribution >= 4 is 33.9 Å². The Morgan fingerprint density at radius 1 is 0.870 bits per heavy atom. The number of nitrogens with zero attached hydrogens (tertiary/aromatic N) is 4. The number of carbonyl (C=O) groups is 1. The SMILES string of the molecule is Cc1c(C)n(CC(C)CN2CCN(C)CC2)c2ccc(Nc3cccc(C(=O)Nc4cc(O)c(-c5ccncc5)c(O)c4)c3)cc12. The van der Waals surface area contributed by atoms with Gasteiger partial charge in [0.25, 0.3) is 5.91 Å². The summed E-state index contributed by atoms with van der Waals surface area (Å²) >= 11 is 0. The zero-order chi connectivity index (χ0) is 32.4. The van der Waals surface area contributed by atoms with Gasteiger partial charge in [-0.3, -0.25) is 9.78 Å². The summed E-state index contributed by atoms with van der Waals surface area (Å²) in [7, 11) is 2.20. The highest BCUT2D eigenvalue weighted by Crippen LogP contribution is 2.39. The number of fused-ring (bicyclic) bond motifs is 1. The molecular weight excluding hydrogens is 576 g/mol. The molecule has 238 valence electrons. The number of aryl methyl sites for hydroxylation is 1. The number of hydrogen-bond donors (Lipinski definition) is 4. The summed E-state index contributed by atoms with van der Waals surface area (Å²) in [5, 5.41) is 28.7. The molecule has 46 heavy (non-hydrogen) atoms. The predicted molar refractivity (Wildman–Crippen MR) is 185 cm³/mol. The van der Waals surface area contributed by atoms with Gasteiger partial charge in [-0.2, -0.15) is 0 Å². The molecule has 0 aliphatic carbocycles. The highest BCUT2D eigenvalue weighted by atomic mass is 16.3. The summed E-state index contributed by atoms with van der Waals surface area (Å²) in [5.41, 5.74) is 7.16. The standard InChI is InChI=1S/C37H42N6O3/c1-24(22-42-16-14-41(4)15-17-42)23-43-26(3)25(2)32-19-30(8-9-33(32)43)39-29-7-5-6-28(18-29)37(46)40-31-20-34(44)36(35(45)21-31)27-10-12-38-13-11-27/h5-13,18-21,24,39,44-45H,14-17,22-23H2,1-4H3,(H,40,46). The maximum Gasteiger partial charge on any atom is 0.255 e. The first kappa shape index (κ1) is 31.1. The van der Waals surface area contributed by atoms with Gasteiger partial charge in [-0.1, -0.05) is 13.0 Å². The molecule has 9 heteroatoms. The number of phenols is 2. The van der Waals surface area contributed by atoms with Crippen LogP contribution in [-0.4, -0.2) is 75.2 Å². The molecule has 5 aromatic rings. The zero-order valence-electron chi connectivity index (χ0n) is 26.9. The van der Waals surface area contributed by atoms with E-state index in [1.807, 2.05) is 12.1 Å². The molecule has 2 aromatic heterocycles. The van der Waals surface area contributed by atoms with Crippen LogP contribution in [0.15, 0.2) is 79.1 Å². The predicted octanol–water partition coefficient (Wildman–Crippen LogP) is 6.61. The molecule has 0 radical (unpaired) electrons. The van der Waals surface area contributed by atoms with Crippen LogP contribution in [0.4, 0.5) is 17.1 Å². The second kappa shape index (κ2) is 13.2. The van der Waals surface area contributed by atoms with Gasteiger partial charge in [0, 0.05) is 103 Å². The molecule has 0 bridgehead atoms. The molecular formula is C37H42N6O3. The van der Waals surface area contributed by atoms with E-state index in [0.29, 0.717) is 17.0 Å². The van der Waals surface area contributed by atoms with Gasteiger partial charge in [0.2, 0.25) is 0 Å². The molecule has 1 saturated heterocycles. The van der Waals surface area contributed by atoms with Gasteiger partial charge in [-0.25, -0.2) is 0 Å². The average molecular weight is 619 g/mol. The Kier molecular flexibility index (Phi) is 8.96. The minimum Gasteiger partial charge on any atom is -0.507 e. The molecule has 1 unspecified atom stereocenters. The largest absolute Gasteiger partial charge is 0.507 e. The number of rotatable bonds is 9. The van der Waals surface area contributed by atoms with Crippen LogP contribution in [0.1, 0.15) is 28.5 Å². The number of hydrogen-bond acceptors (Lipinski definition) is 7. The fraction of sp³-hybridized carbons (Fsp3) is 0.297. The fourth-order valence-corrected chi connectivity index (χ4v) is 6.41. The van der Waals surface area contributed by atoms with Crippen molar-refractivity contribution in [2.24, 2.45) is 5.92 Å². The second-order valence-corrected chi connectivity index (χ2v) is 12.5. The Hall–Kier alpha value is -4.86. The minimum absolute atomic E-state index is 0.142. The third-order valence-electron chi connectivity index (χ3n) is 9.04. The first-order valence-corrected chi connectivity index (χ1v) is 15.8. The minimum atomic E-state index is -0.358. The number of phenolic OH excluding ortho intramolecular Hbond substituents is 2. The first-order chi connectivity index (χ1) is 22.2. The third kappa shape index (κ3) is 6.71. The van der Waals surface area contributed by atoms with E-state index in [9.17, 15) is 15.0 Å². The molecule has 6 rings (SSSR count). The summed E-state index contributed by atoms with van der Waals surface area (Å²) in [6, 6.07) is 20.0. The van der Waals surface area contributed by atoms with Crippen LogP contribution in [0.25, 0.3) is 22.0 Å². The van der Waals surface area contributed by atoms with Crippen molar-refractivity contribution < 1.29 is 15.0 Å². The monoisotopic (exact) mass is 618 g/mol. The van der Waals surface area contributed by atoms with Crippen LogP contribution in [-0.2, 0) is 6.54 Å².